The molecule has 0 bridgehead atoms. The van der Waals surface area contributed by atoms with Crippen LogP contribution in [0.15, 0.2) is 30.0 Å². The molecule has 18 nitrogen and oxygen atoms in total. The molecule has 0 aromatic heterocycles. The average Bonchev–Trinajstić information content (AvgIpc) is 3.14. The maximum absolute atomic E-state index is 8.97. The molecule has 0 amide bonds. The second-order valence-corrected chi connectivity index (χ2v) is 58.2. The summed E-state index contributed by atoms with van der Waals surface area (Å²) in [5.41, 5.74) is 5.80. The number of nitrogens with one attached hydrogen (secondary N) is 6. The normalized spacial score (nSPS) is 34.6. The Labute approximate surface area is 412 Å². The van der Waals surface area contributed by atoms with E-state index in [0.717, 1.165) is 0 Å². The molecule has 0 radical (unpaired) electrons. The van der Waals surface area contributed by atoms with E-state index in [4.69, 9.17) is 138 Å². The molecule has 0 aromatic carbocycles. The van der Waals surface area contributed by atoms with Crippen molar-refractivity contribution in [1.29, 1.82) is 15.8 Å². The van der Waals surface area contributed by atoms with Gasteiger partial charge >= 0.3 is 44.9 Å². The second kappa shape index (κ2) is 25.4. The van der Waals surface area contributed by atoms with Gasteiger partial charge in [0.25, 0.3) is 23.1 Å². The molecule has 0 saturated carbocycles. The number of rotatable bonds is 12. The summed E-state index contributed by atoms with van der Waals surface area (Å²) in [5.74, 6) is 0. The van der Waals surface area contributed by atoms with Crippen molar-refractivity contribution in [1.82, 2.24) is 40.6 Å². The van der Waals surface area contributed by atoms with Gasteiger partial charge in [-0.2, -0.15) is 0 Å². The van der Waals surface area contributed by atoms with Crippen LogP contribution in [0.2, 0.25) is 24.7 Å². The third-order valence-corrected chi connectivity index (χ3v) is 63.9. The van der Waals surface area contributed by atoms with E-state index in [2.05, 4.69) is 57.8 Å². The van der Waals surface area contributed by atoms with Crippen molar-refractivity contribution in [3.8, 4) is 17.1 Å². The summed E-state index contributed by atoms with van der Waals surface area (Å²) >= 11 is 72.8. The number of halogens is 11. The first-order chi connectivity index (χ1) is 27.7. The quantitative estimate of drug-likeness (QED) is 0.0938. The molecule has 6 N–H and O–H groups in total. The number of hydrogen-bond donors (Lipinski definition) is 6. The molecule has 0 aliphatic carbocycles. The minimum absolute atomic E-state index is 0.298. The highest BCUT2D eigenvalue weighted by atomic mass is 35.7. The van der Waals surface area contributed by atoms with Crippen LogP contribution < -0.4 is 27.9 Å². The van der Waals surface area contributed by atoms with Gasteiger partial charge in [-0.1, -0.05) is 0 Å². The number of hydrogen-bond acceptors (Lipinski definition) is 18. The Morgan fingerprint density at radius 1 is 0.417 bits per heavy atom. The number of aliphatic imine (C=N–C) groups is 6. The molecule has 2 atom stereocenters. The van der Waals surface area contributed by atoms with Crippen molar-refractivity contribution in [2.75, 3.05) is 61.9 Å². The monoisotopic (exact) mass is 1200 g/mol. The van der Waals surface area contributed by atoms with E-state index in [1.807, 2.05) is 17.1 Å². The fraction of sp³-hybridized carbons (Fsp3) is 0.591. The smallest absolute Gasteiger partial charge is 0.311 e. The van der Waals surface area contributed by atoms with Crippen LogP contribution in [0, 0.1) is 32.9 Å². The van der Waals surface area contributed by atoms with E-state index in [1.54, 1.807) is 98.8 Å². The van der Waals surface area contributed by atoms with Crippen LogP contribution in [0.25, 0.3) is 0 Å². The summed E-state index contributed by atoms with van der Waals surface area (Å²) < 4.78 is 23.6. The van der Waals surface area contributed by atoms with Crippen LogP contribution in [0.1, 0.15) is 0 Å². The lowest BCUT2D eigenvalue weighted by molar-refractivity contribution is 0.517. The molecular formula is C22H45Cl11N18Si9. The Balaban J connectivity index is 0.000000462. The SMILES string of the molecule is CN=CCN1[Si](Cl)(Cl)N(CC=NC)[Si](Cl)(Cl)N(CC=NC)[Si]1(Cl)Cl.CN=CC[Si]1(Cl)N[Si](Cl)(CC=NC)N[Si](Cl)(CC=NC)N1.C[Si]1(C#N)N[Si](Cl)(C#N)N[Si](Cl)(C#N)N1. The zero-order chi connectivity index (χ0) is 46.3. The van der Waals surface area contributed by atoms with Crippen LogP contribution in [-0.4, -0.2) is 180 Å². The van der Waals surface area contributed by atoms with Gasteiger partial charge in [-0.25, -0.2) is 15.8 Å². The maximum Gasteiger partial charge on any atom is 0.406 e. The maximum atomic E-state index is 8.97. The number of nitrogens with zero attached hydrogens (tertiary/aromatic N) is 12. The predicted octanol–water partition coefficient (Wildman–Crippen LogP) is 3.54. The highest BCUT2D eigenvalue weighted by molar-refractivity contribution is 7.62. The van der Waals surface area contributed by atoms with Crippen LogP contribution in [0.5, 0.6) is 0 Å². The molecule has 3 saturated heterocycles. The molecule has 3 fully saturated rings. The zero-order valence-electron chi connectivity index (χ0n) is 33.2. The van der Waals surface area contributed by atoms with Crippen LogP contribution >= 0.6 is 122 Å². The van der Waals surface area contributed by atoms with Gasteiger partial charge in [0, 0.05) is 98.7 Å². The highest BCUT2D eigenvalue weighted by Crippen LogP contribution is 2.47. The predicted molar refractivity (Wildman–Crippen MR) is 279 cm³/mol. The Hall–Kier alpha value is 1.27. The summed E-state index contributed by atoms with van der Waals surface area (Å²) in [7, 11) is -16.6. The van der Waals surface area contributed by atoms with Crippen molar-refractivity contribution in [3.05, 3.63) is 0 Å². The molecule has 336 valence electrons. The van der Waals surface area contributed by atoms with Gasteiger partial charge in [0.1, 0.15) is 0 Å². The molecule has 0 spiro atoms. The average molecular weight is 1200 g/mol. The first-order valence-corrected chi connectivity index (χ1v) is 47.0. The Morgan fingerprint density at radius 3 is 0.867 bits per heavy atom. The van der Waals surface area contributed by atoms with Crippen molar-refractivity contribution in [3.63, 3.8) is 0 Å². The van der Waals surface area contributed by atoms with Crippen LogP contribution in [0.3, 0.4) is 0 Å². The van der Waals surface area contributed by atoms with E-state index in [9.17, 15) is 0 Å². The molecule has 38 heteroatoms. The third kappa shape index (κ3) is 16.9. The van der Waals surface area contributed by atoms with E-state index < -0.39 is 68.0 Å². The minimum Gasteiger partial charge on any atom is -0.311 e. The van der Waals surface area contributed by atoms with Crippen molar-refractivity contribution < 1.29 is 0 Å². The molecule has 3 heterocycles. The summed E-state index contributed by atoms with van der Waals surface area (Å²) in [4.78, 5) is 23.9. The molecule has 2 unspecified atom stereocenters. The Morgan fingerprint density at radius 2 is 0.667 bits per heavy atom. The van der Waals surface area contributed by atoms with E-state index >= 15 is 0 Å². The third-order valence-electron chi connectivity index (χ3n) is 7.86. The van der Waals surface area contributed by atoms with Gasteiger partial charge in [-0.3, -0.25) is 32.3 Å². The van der Waals surface area contributed by atoms with Gasteiger partial charge in [0.15, 0.2) is 0 Å². The molecule has 3 aliphatic rings. The number of nitriles is 3. The first kappa shape index (κ1) is 59.3. The zero-order valence-corrected chi connectivity index (χ0v) is 50.5. The lowest BCUT2D eigenvalue weighted by Crippen LogP contribution is -2.88. The molecule has 3 aliphatic heterocycles. The van der Waals surface area contributed by atoms with Crippen molar-refractivity contribution in [2.24, 2.45) is 30.0 Å². The molecule has 3 rings (SSSR count). The summed E-state index contributed by atoms with van der Waals surface area (Å²) in [6.07, 6.45) is 10.3. The minimum atomic E-state index is -3.34. The van der Waals surface area contributed by atoms with Crippen molar-refractivity contribution >= 4 is 227 Å². The largest absolute Gasteiger partial charge is 0.406 e. The van der Waals surface area contributed by atoms with Gasteiger partial charge in [-0.15, -0.1) is 122 Å². The molecule has 0 aromatic rings. The first-order valence-electron chi connectivity index (χ1n) is 17.0. The van der Waals surface area contributed by atoms with Gasteiger partial charge in [0.05, 0.1) is 17.1 Å². The van der Waals surface area contributed by atoms with Crippen LogP contribution in [-0.2, 0) is 0 Å². The van der Waals surface area contributed by atoms with Crippen LogP contribution in [0.4, 0.5) is 0 Å². The highest BCUT2D eigenvalue weighted by Gasteiger charge is 2.71. The molecular weight excluding hydrogens is 1160 g/mol. The summed E-state index contributed by atoms with van der Waals surface area (Å²) in [6, 6.07) is 1.84. The standard InChI is InChI=1S/C9H18Cl6N6Si3.C9H21Cl3N6Si3.C4H6Cl2N6Si3/c1-16-4-7-19-22(10,11)20(8-5-17-2)24(14,15)21(9-6-18-3)23(19,12)13;1-13-4-7-19(10)16-20(11,8-5-14-2)18-21(12,17-19)9-6-15-3;1-13(2-7)10-14(5,3-8)12-15(6,4-9)11-13/h4-6H,7-9H2,1-3H3;4-6,16-18H,7-9H2,1-3H3;10-12H,1H3. The van der Waals surface area contributed by atoms with Gasteiger partial charge in [-0.05, 0) is 25.2 Å². The Bertz CT molecular complexity index is 1520. The van der Waals surface area contributed by atoms with Crippen molar-refractivity contribution in [2.45, 2.75) is 24.7 Å². The fourth-order valence-corrected chi connectivity index (χ4v) is 77.2. The summed E-state index contributed by atoms with van der Waals surface area (Å²) in [6.45, 7) is 2.52. The van der Waals surface area contributed by atoms with Gasteiger partial charge in [0.2, 0.25) is 0 Å². The molecule has 60 heavy (non-hydrogen) atoms. The Kier molecular flexibility index (Phi) is 25.1. The second-order valence-electron chi connectivity index (χ2n) is 12.5. The lowest BCUT2D eigenvalue weighted by Gasteiger charge is -2.57. The topological polar surface area (TPSA) is 227 Å². The van der Waals surface area contributed by atoms with E-state index in [-0.39, 0.29) is 0 Å². The fourth-order valence-electron chi connectivity index (χ4n) is 5.25. The summed E-state index contributed by atoms with van der Waals surface area (Å²) in [5, 5.41) is 26.8. The van der Waals surface area contributed by atoms with E-state index in [0.29, 0.717) is 37.8 Å². The van der Waals surface area contributed by atoms with E-state index in [1.165, 1.54) is 0 Å². The lowest BCUT2D eigenvalue weighted by atomic mass is 10.7. The van der Waals surface area contributed by atoms with Gasteiger partial charge < -0.3 is 38.2 Å².